The molecule has 0 aliphatic carbocycles. The highest BCUT2D eigenvalue weighted by molar-refractivity contribution is 5.94. The van der Waals surface area contributed by atoms with E-state index in [9.17, 15) is 9.59 Å². The molecule has 0 aromatic heterocycles. The SMILES string of the molecule is COC(=O)c1cc(COC(C)(C)C)cc(C(=O)O)c1. The molecule has 0 saturated heterocycles. The van der Waals surface area contributed by atoms with Crippen molar-refractivity contribution in [3.8, 4) is 0 Å². The molecule has 0 fully saturated rings. The van der Waals surface area contributed by atoms with E-state index in [4.69, 9.17) is 9.84 Å². The van der Waals surface area contributed by atoms with Crippen LogP contribution < -0.4 is 0 Å². The van der Waals surface area contributed by atoms with Crippen LogP contribution in [-0.2, 0) is 16.1 Å². The first kappa shape index (κ1) is 15.2. The fourth-order valence-electron chi connectivity index (χ4n) is 1.43. The van der Waals surface area contributed by atoms with Crippen LogP contribution in [0.15, 0.2) is 18.2 Å². The fraction of sp³-hybridized carbons (Fsp3) is 0.429. The van der Waals surface area contributed by atoms with Gasteiger partial charge < -0.3 is 14.6 Å². The Kier molecular flexibility index (Phi) is 4.67. The van der Waals surface area contributed by atoms with Crippen molar-refractivity contribution >= 4 is 11.9 Å². The average molecular weight is 266 g/mol. The molecule has 104 valence electrons. The van der Waals surface area contributed by atoms with Crippen LogP contribution in [0.3, 0.4) is 0 Å². The van der Waals surface area contributed by atoms with Crippen molar-refractivity contribution in [3.05, 3.63) is 34.9 Å². The molecule has 0 radical (unpaired) electrons. The highest BCUT2D eigenvalue weighted by Crippen LogP contribution is 2.16. The number of hydrogen-bond acceptors (Lipinski definition) is 4. The van der Waals surface area contributed by atoms with Gasteiger partial charge >= 0.3 is 11.9 Å². The van der Waals surface area contributed by atoms with E-state index in [1.165, 1.54) is 19.2 Å². The van der Waals surface area contributed by atoms with Crippen LogP contribution in [0.2, 0.25) is 0 Å². The Morgan fingerprint density at radius 1 is 1.16 bits per heavy atom. The van der Waals surface area contributed by atoms with Gasteiger partial charge in [-0.1, -0.05) is 0 Å². The average Bonchev–Trinajstić information content (AvgIpc) is 2.34. The number of benzene rings is 1. The number of hydrogen-bond donors (Lipinski definition) is 1. The smallest absolute Gasteiger partial charge is 0.337 e. The van der Waals surface area contributed by atoms with Gasteiger partial charge in [-0.25, -0.2) is 9.59 Å². The summed E-state index contributed by atoms with van der Waals surface area (Å²) in [5, 5.41) is 9.02. The Hall–Kier alpha value is -1.88. The fourth-order valence-corrected chi connectivity index (χ4v) is 1.43. The molecule has 0 spiro atoms. The van der Waals surface area contributed by atoms with E-state index in [0.29, 0.717) is 5.56 Å². The van der Waals surface area contributed by atoms with Crippen molar-refractivity contribution in [2.75, 3.05) is 7.11 Å². The molecular formula is C14H18O5. The van der Waals surface area contributed by atoms with E-state index in [1.54, 1.807) is 6.07 Å². The largest absolute Gasteiger partial charge is 0.478 e. The van der Waals surface area contributed by atoms with Gasteiger partial charge in [-0.05, 0) is 44.5 Å². The van der Waals surface area contributed by atoms with Gasteiger partial charge in [0, 0.05) is 0 Å². The molecule has 0 atom stereocenters. The van der Waals surface area contributed by atoms with Crippen LogP contribution >= 0.6 is 0 Å². The van der Waals surface area contributed by atoms with Gasteiger partial charge in [0.25, 0.3) is 0 Å². The summed E-state index contributed by atoms with van der Waals surface area (Å²) in [6.45, 7) is 5.93. The van der Waals surface area contributed by atoms with Crippen molar-refractivity contribution < 1.29 is 24.2 Å². The number of methoxy groups -OCH3 is 1. The summed E-state index contributed by atoms with van der Waals surface area (Å²) in [6.07, 6.45) is 0. The predicted octanol–water partition coefficient (Wildman–Crippen LogP) is 2.49. The molecule has 5 heteroatoms. The first-order chi connectivity index (χ1) is 8.73. The molecule has 0 amide bonds. The molecule has 1 N–H and O–H groups in total. The van der Waals surface area contributed by atoms with Crippen LogP contribution in [0.25, 0.3) is 0 Å². The predicted molar refractivity (Wildman–Crippen MR) is 69.3 cm³/mol. The quantitative estimate of drug-likeness (QED) is 0.847. The third-order valence-electron chi connectivity index (χ3n) is 2.33. The van der Waals surface area contributed by atoms with Crippen LogP contribution in [0.1, 0.15) is 47.1 Å². The maximum absolute atomic E-state index is 11.5. The molecule has 19 heavy (non-hydrogen) atoms. The highest BCUT2D eigenvalue weighted by atomic mass is 16.5. The third kappa shape index (κ3) is 4.71. The summed E-state index contributed by atoms with van der Waals surface area (Å²) in [5.41, 5.74) is 0.519. The zero-order valence-corrected chi connectivity index (χ0v) is 11.5. The summed E-state index contributed by atoms with van der Waals surface area (Å²) in [4.78, 5) is 22.5. The lowest BCUT2D eigenvalue weighted by Gasteiger charge is -2.19. The highest BCUT2D eigenvalue weighted by Gasteiger charge is 2.15. The van der Waals surface area contributed by atoms with E-state index >= 15 is 0 Å². The number of carbonyl (C=O) groups excluding carboxylic acids is 1. The first-order valence-electron chi connectivity index (χ1n) is 5.82. The Bertz CT molecular complexity index is 485. The lowest BCUT2D eigenvalue weighted by Crippen LogP contribution is -2.19. The number of carboxylic acid groups (broad SMARTS) is 1. The zero-order valence-electron chi connectivity index (χ0n) is 11.5. The van der Waals surface area contributed by atoms with Crippen molar-refractivity contribution in [1.82, 2.24) is 0 Å². The van der Waals surface area contributed by atoms with Gasteiger partial charge in [-0.3, -0.25) is 0 Å². The number of ether oxygens (including phenoxy) is 2. The second-order valence-corrected chi connectivity index (χ2v) is 5.12. The molecule has 1 rings (SSSR count). The second kappa shape index (κ2) is 5.84. The maximum Gasteiger partial charge on any atom is 0.337 e. The van der Waals surface area contributed by atoms with Crippen molar-refractivity contribution in [3.63, 3.8) is 0 Å². The Labute approximate surface area is 112 Å². The van der Waals surface area contributed by atoms with E-state index in [0.717, 1.165) is 0 Å². The minimum Gasteiger partial charge on any atom is -0.478 e. The van der Waals surface area contributed by atoms with Gasteiger partial charge in [0.2, 0.25) is 0 Å². The van der Waals surface area contributed by atoms with E-state index in [1.807, 2.05) is 20.8 Å². The van der Waals surface area contributed by atoms with Crippen LogP contribution in [0, 0.1) is 0 Å². The number of rotatable bonds is 4. The molecule has 0 bridgehead atoms. The van der Waals surface area contributed by atoms with E-state index < -0.39 is 11.9 Å². The monoisotopic (exact) mass is 266 g/mol. The minimum atomic E-state index is -1.09. The van der Waals surface area contributed by atoms with Crippen molar-refractivity contribution in [2.24, 2.45) is 0 Å². The molecule has 0 aliphatic heterocycles. The minimum absolute atomic E-state index is 0.0374. The van der Waals surface area contributed by atoms with Gasteiger partial charge in [-0.2, -0.15) is 0 Å². The Morgan fingerprint density at radius 3 is 2.21 bits per heavy atom. The normalized spacial score (nSPS) is 11.2. The lowest BCUT2D eigenvalue weighted by atomic mass is 10.1. The third-order valence-corrected chi connectivity index (χ3v) is 2.33. The number of esters is 1. The summed E-state index contributed by atoms with van der Waals surface area (Å²) in [6, 6.07) is 4.35. The van der Waals surface area contributed by atoms with E-state index in [2.05, 4.69) is 4.74 Å². The molecule has 0 unspecified atom stereocenters. The summed E-state index contributed by atoms with van der Waals surface area (Å²) < 4.78 is 10.2. The van der Waals surface area contributed by atoms with Gasteiger partial charge in [0.15, 0.2) is 0 Å². The van der Waals surface area contributed by atoms with Crippen LogP contribution in [0.4, 0.5) is 0 Å². The van der Waals surface area contributed by atoms with Gasteiger partial charge in [0.1, 0.15) is 0 Å². The van der Waals surface area contributed by atoms with Crippen molar-refractivity contribution in [2.45, 2.75) is 33.0 Å². The van der Waals surface area contributed by atoms with Crippen LogP contribution in [0.5, 0.6) is 0 Å². The van der Waals surface area contributed by atoms with E-state index in [-0.39, 0.29) is 23.3 Å². The van der Waals surface area contributed by atoms with Crippen molar-refractivity contribution in [1.29, 1.82) is 0 Å². The standard InChI is InChI=1S/C14H18O5/c1-14(2,3)19-8-9-5-10(12(15)16)7-11(6-9)13(17)18-4/h5-7H,8H2,1-4H3,(H,15,16). The lowest BCUT2D eigenvalue weighted by molar-refractivity contribution is -0.0149. The second-order valence-electron chi connectivity index (χ2n) is 5.12. The maximum atomic E-state index is 11.5. The molecule has 1 aromatic carbocycles. The van der Waals surface area contributed by atoms with Crippen LogP contribution in [-0.4, -0.2) is 29.8 Å². The topological polar surface area (TPSA) is 72.8 Å². The molecule has 0 heterocycles. The molecule has 0 saturated carbocycles. The summed E-state index contributed by atoms with van der Waals surface area (Å²) in [7, 11) is 1.25. The zero-order chi connectivity index (χ0) is 14.6. The molecule has 0 aliphatic rings. The molecular weight excluding hydrogens is 248 g/mol. The molecule has 1 aromatic rings. The Morgan fingerprint density at radius 2 is 1.74 bits per heavy atom. The number of carboxylic acids is 1. The first-order valence-corrected chi connectivity index (χ1v) is 5.82. The number of aromatic carboxylic acids is 1. The Balaban J connectivity index is 3.06. The number of carbonyl (C=O) groups is 2. The summed E-state index contributed by atoms with van der Waals surface area (Å²) >= 11 is 0. The summed E-state index contributed by atoms with van der Waals surface area (Å²) in [5.74, 6) is -1.66. The van der Waals surface area contributed by atoms with Gasteiger partial charge in [-0.15, -0.1) is 0 Å². The van der Waals surface area contributed by atoms with Gasteiger partial charge in [0.05, 0.1) is 30.4 Å². The molecule has 5 nitrogen and oxygen atoms in total.